The molecule has 0 fully saturated rings. The van der Waals surface area contributed by atoms with Gasteiger partial charge in [-0.25, -0.2) is 12.4 Å². The molecule has 0 spiro atoms. The first kappa shape index (κ1) is 12.7. The Bertz CT molecular complexity index is 880. The third kappa shape index (κ3) is 1.78. The first-order chi connectivity index (χ1) is 9.51. The minimum atomic E-state index is -3.65. The average molecular weight is 287 g/mol. The Morgan fingerprint density at radius 3 is 2.40 bits per heavy atom. The monoisotopic (exact) mass is 287 g/mol. The highest BCUT2D eigenvalue weighted by molar-refractivity contribution is 7.90. The molecule has 0 saturated heterocycles. The molecular formula is C15H13NO3S. The molecular weight excluding hydrogens is 274 g/mol. The van der Waals surface area contributed by atoms with Gasteiger partial charge in [0.1, 0.15) is 5.75 Å². The second-order valence-electron chi connectivity index (χ2n) is 4.59. The first-order valence-corrected chi connectivity index (χ1v) is 7.56. The Hall–Kier alpha value is -2.27. The number of phenols is 1. The number of aryl methyl sites for hydroxylation is 1. The van der Waals surface area contributed by atoms with Crippen LogP contribution in [-0.2, 0) is 10.0 Å². The molecule has 3 aromatic rings. The molecule has 0 saturated carbocycles. The summed E-state index contributed by atoms with van der Waals surface area (Å²) in [7, 11) is -3.65. The fourth-order valence-corrected chi connectivity index (χ4v) is 3.57. The van der Waals surface area contributed by atoms with Crippen LogP contribution in [0.4, 0.5) is 0 Å². The van der Waals surface area contributed by atoms with Crippen LogP contribution in [0.1, 0.15) is 5.56 Å². The first-order valence-electron chi connectivity index (χ1n) is 6.12. The Labute approximate surface area is 117 Å². The van der Waals surface area contributed by atoms with E-state index >= 15 is 0 Å². The lowest BCUT2D eigenvalue weighted by Crippen LogP contribution is -2.11. The van der Waals surface area contributed by atoms with Crippen molar-refractivity contribution in [2.45, 2.75) is 11.8 Å². The van der Waals surface area contributed by atoms with Crippen LogP contribution in [0.3, 0.4) is 0 Å². The third-order valence-electron chi connectivity index (χ3n) is 3.31. The van der Waals surface area contributed by atoms with E-state index in [0.717, 1.165) is 0 Å². The van der Waals surface area contributed by atoms with Gasteiger partial charge in [0.15, 0.2) is 0 Å². The number of hydrogen-bond acceptors (Lipinski definition) is 3. The zero-order valence-electron chi connectivity index (χ0n) is 10.8. The summed E-state index contributed by atoms with van der Waals surface area (Å²) in [6.07, 6.45) is 1.46. The highest BCUT2D eigenvalue weighted by Gasteiger charge is 2.19. The third-order valence-corrected chi connectivity index (χ3v) is 5.01. The predicted molar refractivity (Wildman–Crippen MR) is 77.4 cm³/mol. The van der Waals surface area contributed by atoms with Crippen molar-refractivity contribution >= 4 is 20.9 Å². The van der Waals surface area contributed by atoms with Gasteiger partial charge < -0.3 is 5.11 Å². The summed E-state index contributed by atoms with van der Waals surface area (Å²) < 4.78 is 26.4. The minimum absolute atomic E-state index is 0.115. The Morgan fingerprint density at radius 1 is 1.00 bits per heavy atom. The van der Waals surface area contributed by atoms with Crippen LogP contribution in [0.2, 0.25) is 0 Å². The van der Waals surface area contributed by atoms with Crippen molar-refractivity contribution in [3.8, 4) is 5.75 Å². The van der Waals surface area contributed by atoms with E-state index in [1.54, 1.807) is 55.5 Å². The summed E-state index contributed by atoms with van der Waals surface area (Å²) in [6, 6.07) is 13.2. The second kappa shape index (κ2) is 4.38. The van der Waals surface area contributed by atoms with Gasteiger partial charge in [-0.1, -0.05) is 24.3 Å². The van der Waals surface area contributed by atoms with Crippen LogP contribution < -0.4 is 0 Å². The number of aromatic nitrogens is 1. The summed E-state index contributed by atoms with van der Waals surface area (Å²) in [4.78, 5) is 0.220. The van der Waals surface area contributed by atoms with Crippen molar-refractivity contribution < 1.29 is 13.5 Å². The maximum Gasteiger partial charge on any atom is 0.268 e. The van der Waals surface area contributed by atoms with Gasteiger partial charge in [0.05, 0.1) is 10.4 Å². The van der Waals surface area contributed by atoms with Crippen molar-refractivity contribution in [1.82, 2.24) is 3.97 Å². The number of hydrogen-bond donors (Lipinski definition) is 1. The molecule has 0 aliphatic carbocycles. The fourth-order valence-electron chi connectivity index (χ4n) is 2.20. The van der Waals surface area contributed by atoms with Crippen LogP contribution in [-0.4, -0.2) is 17.5 Å². The molecule has 20 heavy (non-hydrogen) atoms. The highest BCUT2D eigenvalue weighted by Crippen LogP contribution is 2.30. The normalized spacial score (nSPS) is 11.8. The Morgan fingerprint density at radius 2 is 1.70 bits per heavy atom. The number of benzene rings is 2. The smallest absolute Gasteiger partial charge is 0.268 e. The molecule has 0 amide bonds. The minimum Gasteiger partial charge on any atom is -0.507 e. The van der Waals surface area contributed by atoms with E-state index in [4.69, 9.17) is 0 Å². The summed E-state index contributed by atoms with van der Waals surface area (Å²) in [5, 5.41) is 10.5. The number of phenolic OH excluding ortho intramolecular Hbond substituents is 1. The zero-order valence-corrected chi connectivity index (χ0v) is 11.6. The van der Waals surface area contributed by atoms with Gasteiger partial charge in [-0.2, -0.15) is 0 Å². The molecule has 1 aromatic heterocycles. The molecule has 102 valence electrons. The van der Waals surface area contributed by atoms with E-state index < -0.39 is 10.0 Å². The van der Waals surface area contributed by atoms with E-state index in [1.807, 2.05) is 0 Å². The molecule has 0 bridgehead atoms. The van der Waals surface area contributed by atoms with E-state index in [1.165, 1.54) is 10.2 Å². The summed E-state index contributed by atoms with van der Waals surface area (Å²) in [5.41, 5.74) is 1.18. The summed E-state index contributed by atoms with van der Waals surface area (Å²) in [6.45, 7) is 1.78. The molecule has 0 unspecified atom stereocenters. The molecule has 5 heteroatoms. The fraction of sp³-hybridized carbons (Fsp3) is 0.0667. The summed E-state index contributed by atoms with van der Waals surface area (Å²) >= 11 is 0. The Balaban J connectivity index is 2.29. The topological polar surface area (TPSA) is 59.3 Å². The predicted octanol–water partition coefficient (Wildman–Crippen LogP) is 2.89. The number of nitrogens with zero attached hydrogens (tertiary/aromatic N) is 1. The van der Waals surface area contributed by atoms with Gasteiger partial charge >= 0.3 is 0 Å². The molecule has 3 rings (SSSR count). The average Bonchev–Trinajstić information content (AvgIpc) is 2.89. The molecule has 1 N–H and O–H groups in total. The van der Waals surface area contributed by atoms with Crippen LogP contribution in [0, 0.1) is 6.92 Å². The van der Waals surface area contributed by atoms with Gasteiger partial charge in [-0.3, -0.25) is 0 Å². The number of fused-ring (bicyclic) bond motifs is 1. The van der Waals surface area contributed by atoms with E-state index in [2.05, 4.69) is 0 Å². The second-order valence-corrected chi connectivity index (χ2v) is 6.41. The Kier molecular flexibility index (Phi) is 2.79. The molecule has 0 atom stereocenters. The van der Waals surface area contributed by atoms with Gasteiger partial charge in [-0.15, -0.1) is 0 Å². The van der Waals surface area contributed by atoms with Crippen LogP contribution in [0.5, 0.6) is 5.75 Å². The lowest BCUT2D eigenvalue weighted by molar-refractivity contribution is 0.477. The molecule has 4 nitrogen and oxygen atoms in total. The van der Waals surface area contributed by atoms with Gasteiger partial charge in [0.2, 0.25) is 0 Å². The molecule has 0 aliphatic rings. The quantitative estimate of drug-likeness (QED) is 0.788. The van der Waals surface area contributed by atoms with Crippen molar-refractivity contribution in [2.75, 3.05) is 0 Å². The number of aromatic hydroxyl groups is 1. The van der Waals surface area contributed by atoms with Gasteiger partial charge in [-0.05, 0) is 36.8 Å². The van der Waals surface area contributed by atoms with Crippen LogP contribution in [0.25, 0.3) is 10.9 Å². The van der Waals surface area contributed by atoms with Crippen molar-refractivity contribution in [1.29, 1.82) is 0 Å². The molecule has 0 aliphatic heterocycles. The van der Waals surface area contributed by atoms with E-state index in [9.17, 15) is 13.5 Å². The van der Waals surface area contributed by atoms with E-state index in [-0.39, 0.29) is 10.6 Å². The van der Waals surface area contributed by atoms with E-state index in [0.29, 0.717) is 16.5 Å². The lowest BCUT2D eigenvalue weighted by atomic mass is 10.1. The highest BCUT2D eigenvalue weighted by atomic mass is 32.2. The van der Waals surface area contributed by atoms with Crippen LogP contribution >= 0.6 is 0 Å². The maximum atomic E-state index is 12.6. The van der Waals surface area contributed by atoms with Gasteiger partial charge in [0.25, 0.3) is 10.0 Å². The lowest BCUT2D eigenvalue weighted by Gasteiger charge is -2.08. The summed E-state index contributed by atoms with van der Waals surface area (Å²) in [5.74, 6) is 0.115. The van der Waals surface area contributed by atoms with Crippen molar-refractivity contribution in [3.63, 3.8) is 0 Å². The SMILES string of the molecule is Cc1ccc2c(ccn2S(=O)(=O)c2ccccc2)c1O. The number of rotatable bonds is 2. The van der Waals surface area contributed by atoms with Crippen LogP contribution in [0.15, 0.2) is 59.6 Å². The maximum absolute atomic E-state index is 12.6. The standard InChI is InChI=1S/C15H13NO3S/c1-11-7-8-14-13(15(11)17)9-10-16(14)20(18,19)12-5-3-2-4-6-12/h2-10,17H,1H3. The molecule has 1 heterocycles. The van der Waals surface area contributed by atoms with Crippen molar-refractivity contribution in [3.05, 3.63) is 60.3 Å². The largest absolute Gasteiger partial charge is 0.507 e. The zero-order chi connectivity index (χ0) is 14.3. The molecule has 0 radical (unpaired) electrons. The van der Waals surface area contributed by atoms with Gasteiger partial charge in [0, 0.05) is 11.6 Å². The molecule has 2 aromatic carbocycles. The van der Waals surface area contributed by atoms with Crippen molar-refractivity contribution in [2.24, 2.45) is 0 Å².